The summed E-state index contributed by atoms with van der Waals surface area (Å²) in [4.78, 5) is 24.6. The lowest BCUT2D eigenvalue weighted by Crippen LogP contribution is -2.26. The fourth-order valence-corrected chi connectivity index (χ4v) is 2.49. The second kappa shape index (κ2) is 10.2. The van der Waals surface area contributed by atoms with Crippen molar-refractivity contribution in [1.29, 1.82) is 0 Å². The lowest BCUT2D eigenvalue weighted by Gasteiger charge is -2.14. The van der Waals surface area contributed by atoms with Crippen molar-refractivity contribution in [2.45, 2.75) is 0 Å². The minimum atomic E-state index is -0.350. The minimum Gasteiger partial charge on any atom is -0.493 e. The summed E-state index contributed by atoms with van der Waals surface area (Å²) >= 11 is 0. The third-order valence-electron chi connectivity index (χ3n) is 3.92. The van der Waals surface area contributed by atoms with Crippen molar-refractivity contribution < 1.29 is 28.5 Å². The van der Waals surface area contributed by atoms with Gasteiger partial charge >= 0.3 is 0 Å². The Morgan fingerprint density at radius 2 is 1.43 bits per heavy atom. The van der Waals surface area contributed by atoms with Gasteiger partial charge in [-0.3, -0.25) is 9.59 Å². The van der Waals surface area contributed by atoms with Gasteiger partial charge in [-0.15, -0.1) is 0 Å². The summed E-state index contributed by atoms with van der Waals surface area (Å²) in [7, 11) is 6.02. The Labute approximate surface area is 163 Å². The predicted molar refractivity (Wildman–Crippen MR) is 105 cm³/mol. The zero-order valence-electron chi connectivity index (χ0n) is 16.3. The summed E-state index contributed by atoms with van der Waals surface area (Å²) in [6.07, 6.45) is 0. The third-order valence-corrected chi connectivity index (χ3v) is 3.92. The predicted octanol–water partition coefficient (Wildman–Crippen LogP) is 2.34. The number of ether oxygens (including phenoxy) is 4. The number of methoxy groups -OCH3 is 4. The van der Waals surface area contributed by atoms with E-state index in [0.717, 1.165) is 0 Å². The molecule has 0 unspecified atom stereocenters. The normalized spacial score (nSPS) is 10.1. The summed E-state index contributed by atoms with van der Waals surface area (Å²) in [6.45, 7) is 0.865. The molecule has 8 heteroatoms. The van der Waals surface area contributed by atoms with Gasteiger partial charge in [-0.1, -0.05) is 0 Å². The SMILES string of the molecule is COCCNC(=O)c1ccc(NC(=O)c2cc(OC)c(OC)c(OC)c2)cc1. The van der Waals surface area contributed by atoms with Gasteiger partial charge in [-0.25, -0.2) is 0 Å². The molecule has 0 aromatic heterocycles. The molecule has 0 fully saturated rings. The summed E-state index contributed by atoms with van der Waals surface area (Å²) < 4.78 is 20.7. The maximum atomic E-state index is 12.6. The molecule has 2 aromatic rings. The van der Waals surface area contributed by atoms with Crippen LogP contribution >= 0.6 is 0 Å². The van der Waals surface area contributed by atoms with Gasteiger partial charge in [0.25, 0.3) is 11.8 Å². The van der Waals surface area contributed by atoms with Crippen molar-refractivity contribution in [2.24, 2.45) is 0 Å². The number of benzene rings is 2. The van der Waals surface area contributed by atoms with Crippen LogP contribution in [-0.4, -0.2) is 53.4 Å². The van der Waals surface area contributed by atoms with E-state index in [-0.39, 0.29) is 11.8 Å². The zero-order valence-corrected chi connectivity index (χ0v) is 16.3. The quantitative estimate of drug-likeness (QED) is 0.641. The highest BCUT2D eigenvalue weighted by atomic mass is 16.5. The summed E-state index contributed by atoms with van der Waals surface area (Å²) in [5.74, 6) is 0.617. The number of nitrogens with one attached hydrogen (secondary N) is 2. The molecule has 0 aliphatic heterocycles. The third kappa shape index (κ3) is 5.14. The molecule has 2 rings (SSSR count). The molecule has 0 heterocycles. The van der Waals surface area contributed by atoms with Crippen LogP contribution < -0.4 is 24.8 Å². The number of hydrogen-bond acceptors (Lipinski definition) is 6. The Bertz CT molecular complexity index is 795. The zero-order chi connectivity index (χ0) is 20.5. The van der Waals surface area contributed by atoms with Crippen LogP contribution in [0.1, 0.15) is 20.7 Å². The topological polar surface area (TPSA) is 95.1 Å². The van der Waals surface area contributed by atoms with E-state index in [9.17, 15) is 9.59 Å². The van der Waals surface area contributed by atoms with E-state index in [0.29, 0.717) is 47.2 Å². The van der Waals surface area contributed by atoms with Crippen LogP contribution in [0.15, 0.2) is 36.4 Å². The molecule has 0 aliphatic carbocycles. The number of rotatable bonds is 9. The highest BCUT2D eigenvalue weighted by Gasteiger charge is 2.17. The van der Waals surface area contributed by atoms with Gasteiger partial charge in [0.2, 0.25) is 5.75 Å². The lowest BCUT2D eigenvalue weighted by molar-refractivity contribution is 0.0936. The van der Waals surface area contributed by atoms with Crippen molar-refractivity contribution in [1.82, 2.24) is 5.32 Å². The Balaban J connectivity index is 2.11. The molecule has 8 nitrogen and oxygen atoms in total. The molecule has 2 N–H and O–H groups in total. The summed E-state index contributed by atoms with van der Waals surface area (Å²) in [5.41, 5.74) is 1.38. The van der Waals surface area contributed by atoms with Gasteiger partial charge in [0.1, 0.15) is 0 Å². The maximum absolute atomic E-state index is 12.6. The Morgan fingerprint density at radius 1 is 0.821 bits per heavy atom. The first-order chi connectivity index (χ1) is 13.5. The van der Waals surface area contributed by atoms with Crippen LogP contribution in [0.5, 0.6) is 17.2 Å². The first-order valence-corrected chi connectivity index (χ1v) is 8.52. The fraction of sp³-hybridized carbons (Fsp3) is 0.300. The van der Waals surface area contributed by atoms with Crippen LogP contribution in [0.3, 0.4) is 0 Å². The second-order valence-electron chi connectivity index (χ2n) is 5.69. The summed E-state index contributed by atoms with van der Waals surface area (Å²) in [5, 5.41) is 5.51. The standard InChI is InChI=1S/C20H24N2O6/c1-25-10-9-21-19(23)13-5-7-15(8-6-13)22-20(24)14-11-16(26-2)18(28-4)17(12-14)27-3/h5-8,11-12H,9-10H2,1-4H3,(H,21,23)(H,22,24). The first-order valence-electron chi connectivity index (χ1n) is 8.52. The minimum absolute atomic E-state index is 0.209. The van der Waals surface area contributed by atoms with E-state index in [2.05, 4.69) is 10.6 Å². The molecule has 0 spiro atoms. The highest BCUT2D eigenvalue weighted by molar-refractivity contribution is 6.05. The number of carbonyl (C=O) groups excluding carboxylic acids is 2. The molecule has 2 amide bonds. The fourth-order valence-electron chi connectivity index (χ4n) is 2.49. The average Bonchev–Trinajstić information content (AvgIpc) is 2.73. The molecular weight excluding hydrogens is 364 g/mol. The van der Waals surface area contributed by atoms with Crippen LogP contribution in [0.4, 0.5) is 5.69 Å². The van der Waals surface area contributed by atoms with E-state index in [4.69, 9.17) is 18.9 Å². The van der Waals surface area contributed by atoms with E-state index >= 15 is 0 Å². The molecule has 0 radical (unpaired) electrons. The number of anilines is 1. The molecule has 0 saturated carbocycles. The molecule has 2 aromatic carbocycles. The maximum Gasteiger partial charge on any atom is 0.255 e. The van der Waals surface area contributed by atoms with Gasteiger partial charge in [0, 0.05) is 30.5 Å². The summed E-state index contributed by atoms with van der Waals surface area (Å²) in [6, 6.07) is 9.70. The highest BCUT2D eigenvalue weighted by Crippen LogP contribution is 2.38. The Morgan fingerprint density at radius 3 is 1.93 bits per heavy atom. The van der Waals surface area contributed by atoms with Crippen molar-refractivity contribution in [2.75, 3.05) is 46.9 Å². The number of carbonyl (C=O) groups is 2. The number of hydrogen-bond donors (Lipinski definition) is 2. The smallest absolute Gasteiger partial charge is 0.255 e. The van der Waals surface area contributed by atoms with Crippen molar-refractivity contribution in [3.63, 3.8) is 0 Å². The molecular formula is C20H24N2O6. The van der Waals surface area contributed by atoms with E-state index < -0.39 is 0 Å². The molecule has 0 bridgehead atoms. The first kappa shape index (κ1) is 21.0. The van der Waals surface area contributed by atoms with Crippen LogP contribution in [0, 0.1) is 0 Å². The van der Waals surface area contributed by atoms with E-state index in [1.807, 2.05) is 0 Å². The Hall–Kier alpha value is -3.26. The van der Waals surface area contributed by atoms with Crippen LogP contribution in [0.25, 0.3) is 0 Å². The Kier molecular flexibility index (Phi) is 7.65. The van der Waals surface area contributed by atoms with Gasteiger partial charge in [-0.05, 0) is 36.4 Å². The van der Waals surface area contributed by atoms with E-state index in [1.54, 1.807) is 43.5 Å². The van der Waals surface area contributed by atoms with Crippen molar-refractivity contribution in [3.8, 4) is 17.2 Å². The van der Waals surface area contributed by atoms with Crippen LogP contribution in [0.2, 0.25) is 0 Å². The van der Waals surface area contributed by atoms with Crippen LogP contribution in [-0.2, 0) is 4.74 Å². The molecule has 28 heavy (non-hydrogen) atoms. The van der Waals surface area contributed by atoms with Gasteiger partial charge in [0.15, 0.2) is 11.5 Å². The van der Waals surface area contributed by atoms with Crippen molar-refractivity contribution in [3.05, 3.63) is 47.5 Å². The second-order valence-corrected chi connectivity index (χ2v) is 5.69. The largest absolute Gasteiger partial charge is 0.493 e. The lowest BCUT2D eigenvalue weighted by atomic mass is 10.1. The van der Waals surface area contributed by atoms with Crippen molar-refractivity contribution >= 4 is 17.5 Å². The molecule has 150 valence electrons. The number of amides is 2. The van der Waals surface area contributed by atoms with E-state index in [1.165, 1.54) is 21.3 Å². The van der Waals surface area contributed by atoms with Gasteiger partial charge < -0.3 is 29.6 Å². The molecule has 0 aliphatic rings. The average molecular weight is 388 g/mol. The molecule has 0 atom stereocenters. The molecule has 0 saturated heterocycles. The van der Waals surface area contributed by atoms with Gasteiger partial charge in [-0.2, -0.15) is 0 Å². The van der Waals surface area contributed by atoms with Gasteiger partial charge in [0.05, 0.1) is 27.9 Å². The monoisotopic (exact) mass is 388 g/mol.